The first kappa shape index (κ1) is 27.2. The van der Waals surface area contributed by atoms with Gasteiger partial charge in [0.2, 0.25) is 0 Å². The van der Waals surface area contributed by atoms with Crippen molar-refractivity contribution in [3.63, 3.8) is 0 Å². The van der Waals surface area contributed by atoms with Crippen LogP contribution in [0, 0.1) is 0 Å². The van der Waals surface area contributed by atoms with Gasteiger partial charge in [-0.25, -0.2) is 9.78 Å². The quantitative estimate of drug-likeness (QED) is 0.165. The summed E-state index contributed by atoms with van der Waals surface area (Å²) in [6.07, 6.45) is 5.65. The summed E-state index contributed by atoms with van der Waals surface area (Å²) in [6.45, 7) is 1.19. The van der Waals surface area contributed by atoms with E-state index in [9.17, 15) is 9.59 Å². The van der Waals surface area contributed by atoms with E-state index in [1.165, 1.54) is 0 Å². The number of carbonyl (C=O) groups excluding carboxylic acids is 2. The van der Waals surface area contributed by atoms with Crippen molar-refractivity contribution in [2.75, 3.05) is 17.2 Å². The van der Waals surface area contributed by atoms with Gasteiger partial charge in [0.1, 0.15) is 11.9 Å². The number of amides is 3. The predicted molar refractivity (Wildman–Crippen MR) is 160 cm³/mol. The van der Waals surface area contributed by atoms with Crippen molar-refractivity contribution in [3.8, 4) is 5.75 Å². The maximum atomic E-state index is 13.5. The number of nitrogens with one attached hydrogen (secondary N) is 3. The highest BCUT2D eigenvalue weighted by Crippen LogP contribution is 2.32. The second-order valence-electron chi connectivity index (χ2n) is 9.39. The van der Waals surface area contributed by atoms with Gasteiger partial charge in [0.25, 0.3) is 5.91 Å². The zero-order chi connectivity index (χ0) is 28.3. The minimum absolute atomic E-state index is 0.294. The molecule has 5 rings (SSSR count). The number of imidazole rings is 1. The fraction of sp³-hybridized carbons (Fsp3) is 0.121. The third kappa shape index (κ3) is 7.60. The van der Waals surface area contributed by atoms with Crippen LogP contribution in [0.3, 0.4) is 0 Å². The molecule has 0 aliphatic rings. The average molecular weight is 546 g/mol. The lowest BCUT2D eigenvalue weighted by atomic mass is 10.0. The van der Waals surface area contributed by atoms with Gasteiger partial charge >= 0.3 is 6.03 Å². The van der Waals surface area contributed by atoms with Gasteiger partial charge in [-0.05, 0) is 47.9 Å². The minimum atomic E-state index is -0.439. The molecule has 0 saturated heterocycles. The van der Waals surface area contributed by atoms with Gasteiger partial charge in [0.05, 0.1) is 11.9 Å². The number of hydrogen-bond donors (Lipinski definition) is 3. The summed E-state index contributed by atoms with van der Waals surface area (Å²) in [5.41, 5.74) is 3.35. The third-order valence-electron chi connectivity index (χ3n) is 6.40. The van der Waals surface area contributed by atoms with E-state index in [-0.39, 0.29) is 5.91 Å². The van der Waals surface area contributed by atoms with Crippen LogP contribution in [0.1, 0.15) is 34.0 Å². The number of hydrogen-bond acceptors (Lipinski definition) is 4. The lowest BCUT2D eigenvalue weighted by Crippen LogP contribution is -2.26. The van der Waals surface area contributed by atoms with Gasteiger partial charge in [0, 0.05) is 36.9 Å². The lowest BCUT2D eigenvalue weighted by Gasteiger charge is -2.22. The Morgan fingerprint density at radius 3 is 2.05 bits per heavy atom. The maximum Gasteiger partial charge on any atom is 0.323 e. The number of anilines is 2. The summed E-state index contributed by atoms with van der Waals surface area (Å²) < 4.78 is 8.52. The van der Waals surface area contributed by atoms with E-state index < -0.39 is 12.1 Å². The Kier molecular flexibility index (Phi) is 9.04. The summed E-state index contributed by atoms with van der Waals surface area (Å²) in [5, 5.41) is 8.61. The van der Waals surface area contributed by atoms with E-state index in [4.69, 9.17) is 4.74 Å². The second-order valence-corrected chi connectivity index (χ2v) is 9.39. The molecule has 3 amide bonds. The Bertz CT molecular complexity index is 1500. The van der Waals surface area contributed by atoms with Crippen molar-refractivity contribution in [3.05, 3.63) is 145 Å². The molecule has 5 aromatic rings. The summed E-state index contributed by atoms with van der Waals surface area (Å²) in [4.78, 5) is 30.2. The normalized spacial score (nSPS) is 10.7. The number of urea groups is 1. The summed E-state index contributed by atoms with van der Waals surface area (Å²) in [7, 11) is 0. The Morgan fingerprint density at radius 1 is 0.780 bits per heavy atom. The van der Waals surface area contributed by atoms with Crippen LogP contribution in [-0.4, -0.2) is 28.0 Å². The number of aryl methyl sites for hydroxylation is 1. The summed E-state index contributed by atoms with van der Waals surface area (Å²) in [6, 6.07) is 33.6. The summed E-state index contributed by atoms with van der Waals surface area (Å²) >= 11 is 0. The fourth-order valence-electron chi connectivity index (χ4n) is 4.39. The van der Waals surface area contributed by atoms with E-state index in [2.05, 4.69) is 20.9 Å². The first-order valence-electron chi connectivity index (χ1n) is 13.4. The second kappa shape index (κ2) is 13.6. The predicted octanol–water partition coefficient (Wildman–Crippen LogP) is 6.52. The standard InChI is InChI=1S/C33H31N5O3/c39-32(35-19-10-21-38-22-20-34-24-38)29-23-28(37-33(40)36-27-15-8-3-9-16-27)17-18-30(29)41-31(25-11-4-1-5-12-25)26-13-6-2-7-14-26/h1-9,11-18,20,22-24,31H,10,19,21H2,(H,35,39)(H2,36,37,40). The molecule has 206 valence electrons. The zero-order valence-corrected chi connectivity index (χ0v) is 22.4. The Labute approximate surface area is 239 Å². The van der Waals surface area contributed by atoms with E-state index in [1.807, 2.05) is 89.6 Å². The largest absolute Gasteiger partial charge is 0.480 e. The molecule has 8 nitrogen and oxygen atoms in total. The van der Waals surface area contributed by atoms with Crippen molar-refractivity contribution in [1.29, 1.82) is 0 Å². The Hall–Kier alpha value is -5.37. The van der Waals surface area contributed by atoms with Crippen LogP contribution in [-0.2, 0) is 6.54 Å². The Balaban J connectivity index is 1.38. The lowest BCUT2D eigenvalue weighted by molar-refractivity contribution is 0.0946. The molecule has 0 atom stereocenters. The minimum Gasteiger partial charge on any atom is -0.480 e. The van der Waals surface area contributed by atoms with Crippen LogP contribution in [0.15, 0.2) is 128 Å². The van der Waals surface area contributed by atoms with Crippen molar-refractivity contribution < 1.29 is 14.3 Å². The van der Waals surface area contributed by atoms with E-state index in [0.717, 1.165) is 24.1 Å². The molecule has 3 N–H and O–H groups in total. The monoisotopic (exact) mass is 545 g/mol. The molecule has 0 fully saturated rings. The van der Waals surface area contributed by atoms with Gasteiger partial charge in [-0.3, -0.25) is 4.79 Å². The SMILES string of the molecule is O=C(Nc1ccccc1)Nc1ccc(OC(c2ccccc2)c2ccccc2)c(C(=O)NCCCn2ccnc2)c1. The van der Waals surface area contributed by atoms with E-state index in [0.29, 0.717) is 29.2 Å². The molecule has 0 spiro atoms. The molecule has 1 aromatic heterocycles. The Morgan fingerprint density at radius 2 is 1.41 bits per heavy atom. The van der Waals surface area contributed by atoms with Crippen LogP contribution in [0.4, 0.5) is 16.2 Å². The van der Waals surface area contributed by atoms with Crippen LogP contribution < -0.4 is 20.7 Å². The van der Waals surface area contributed by atoms with Gasteiger partial charge in [-0.1, -0.05) is 78.9 Å². The number of rotatable bonds is 11. The first-order chi connectivity index (χ1) is 20.2. The molecular formula is C33H31N5O3. The third-order valence-corrected chi connectivity index (χ3v) is 6.40. The average Bonchev–Trinajstić information content (AvgIpc) is 3.53. The van der Waals surface area contributed by atoms with Gasteiger partial charge in [-0.2, -0.15) is 0 Å². The van der Waals surface area contributed by atoms with Crippen molar-refractivity contribution >= 4 is 23.3 Å². The van der Waals surface area contributed by atoms with E-state index >= 15 is 0 Å². The van der Waals surface area contributed by atoms with Crippen LogP contribution >= 0.6 is 0 Å². The number of carbonyl (C=O) groups is 2. The summed E-state index contributed by atoms with van der Waals surface area (Å²) in [5.74, 6) is 0.112. The number of aromatic nitrogens is 2. The topological polar surface area (TPSA) is 97.3 Å². The molecule has 0 unspecified atom stereocenters. The highest BCUT2D eigenvalue weighted by molar-refractivity contribution is 6.02. The molecule has 0 saturated carbocycles. The molecule has 0 aliphatic heterocycles. The molecule has 8 heteroatoms. The molecular weight excluding hydrogens is 514 g/mol. The zero-order valence-electron chi connectivity index (χ0n) is 22.4. The van der Waals surface area contributed by atoms with Gasteiger partial charge in [-0.15, -0.1) is 0 Å². The molecule has 41 heavy (non-hydrogen) atoms. The smallest absolute Gasteiger partial charge is 0.323 e. The molecule has 4 aromatic carbocycles. The molecule has 0 aliphatic carbocycles. The van der Waals surface area contributed by atoms with Crippen molar-refractivity contribution in [1.82, 2.24) is 14.9 Å². The number of ether oxygens (including phenoxy) is 1. The number of para-hydroxylation sites is 1. The van der Waals surface area contributed by atoms with Gasteiger partial charge < -0.3 is 25.3 Å². The fourth-order valence-corrected chi connectivity index (χ4v) is 4.39. The molecule has 1 heterocycles. The highest BCUT2D eigenvalue weighted by atomic mass is 16.5. The number of benzene rings is 4. The van der Waals surface area contributed by atoms with Crippen LogP contribution in [0.25, 0.3) is 0 Å². The van der Waals surface area contributed by atoms with Crippen molar-refractivity contribution in [2.24, 2.45) is 0 Å². The van der Waals surface area contributed by atoms with Gasteiger partial charge in [0.15, 0.2) is 0 Å². The highest BCUT2D eigenvalue weighted by Gasteiger charge is 2.21. The van der Waals surface area contributed by atoms with E-state index in [1.54, 1.807) is 42.9 Å². The van der Waals surface area contributed by atoms with Crippen LogP contribution in [0.2, 0.25) is 0 Å². The first-order valence-corrected chi connectivity index (χ1v) is 13.4. The van der Waals surface area contributed by atoms with Crippen molar-refractivity contribution in [2.45, 2.75) is 19.1 Å². The molecule has 0 bridgehead atoms. The molecule has 0 radical (unpaired) electrons. The number of nitrogens with zero attached hydrogens (tertiary/aromatic N) is 2. The maximum absolute atomic E-state index is 13.5. The van der Waals surface area contributed by atoms with Crippen LogP contribution in [0.5, 0.6) is 5.75 Å².